The van der Waals surface area contributed by atoms with Gasteiger partial charge in [-0.05, 0) is 66.9 Å². The number of fused-ring (bicyclic) bond motifs is 2. The number of hydrogen-bond acceptors (Lipinski definition) is 0. The molecule has 4 rings (SSSR count). The highest BCUT2D eigenvalue weighted by Crippen LogP contribution is 2.51. The molecule has 0 saturated heterocycles. The van der Waals surface area contributed by atoms with Crippen LogP contribution in [0.1, 0.15) is 74.8 Å². The standard InChI is InChI=1S/C20H28/c1-3-11-17-15(7-1)9-5-13-19(17)20-14-6-10-16-8-2-4-12-18(16)20/h1,3,7,11,16,18-20H,2,4-6,8-10,12-14H2. The van der Waals surface area contributed by atoms with Gasteiger partial charge in [0.1, 0.15) is 0 Å². The van der Waals surface area contributed by atoms with Crippen LogP contribution < -0.4 is 0 Å². The highest BCUT2D eigenvalue weighted by molar-refractivity contribution is 5.33. The summed E-state index contributed by atoms with van der Waals surface area (Å²) in [7, 11) is 0. The lowest BCUT2D eigenvalue weighted by Gasteiger charge is -2.46. The largest absolute Gasteiger partial charge is 0.0620 e. The molecule has 0 aliphatic heterocycles. The van der Waals surface area contributed by atoms with Gasteiger partial charge in [0.05, 0.1) is 0 Å². The first-order chi connectivity index (χ1) is 9.93. The Morgan fingerprint density at radius 3 is 2.50 bits per heavy atom. The number of benzene rings is 1. The number of hydrogen-bond donors (Lipinski definition) is 0. The van der Waals surface area contributed by atoms with Crippen LogP contribution in [-0.4, -0.2) is 0 Å². The smallest absolute Gasteiger partial charge is 0.0128 e. The van der Waals surface area contributed by atoms with Crippen LogP contribution in [-0.2, 0) is 6.42 Å². The van der Waals surface area contributed by atoms with Gasteiger partial charge >= 0.3 is 0 Å². The fraction of sp³-hybridized carbons (Fsp3) is 0.700. The van der Waals surface area contributed by atoms with Crippen molar-refractivity contribution in [3.63, 3.8) is 0 Å². The molecule has 3 aliphatic rings. The van der Waals surface area contributed by atoms with Crippen molar-refractivity contribution in [1.29, 1.82) is 0 Å². The third kappa shape index (κ3) is 2.22. The van der Waals surface area contributed by atoms with E-state index in [-0.39, 0.29) is 0 Å². The van der Waals surface area contributed by atoms with Crippen LogP contribution in [0, 0.1) is 17.8 Å². The van der Waals surface area contributed by atoms with E-state index >= 15 is 0 Å². The quantitative estimate of drug-likeness (QED) is 0.611. The highest BCUT2D eigenvalue weighted by atomic mass is 14.4. The average molecular weight is 268 g/mol. The zero-order chi connectivity index (χ0) is 13.4. The first-order valence-electron chi connectivity index (χ1n) is 9.01. The van der Waals surface area contributed by atoms with E-state index in [4.69, 9.17) is 0 Å². The molecule has 0 spiro atoms. The van der Waals surface area contributed by atoms with Crippen LogP contribution in [0.25, 0.3) is 0 Å². The van der Waals surface area contributed by atoms with Gasteiger partial charge in [-0.15, -0.1) is 0 Å². The van der Waals surface area contributed by atoms with E-state index in [1.54, 1.807) is 11.1 Å². The molecule has 0 heteroatoms. The Morgan fingerprint density at radius 2 is 1.50 bits per heavy atom. The minimum absolute atomic E-state index is 0.894. The van der Waals surface area contributed by atoms with E-state index < -0.39 is 0 Å². The van der Waals surface area contributed by atoms with Gasteiger partial charge in [-0.25, -0.2) is 0 Å². The molecule has 0 heterocycles. The average Bonchev–Trinajstić information content (AvgIpc) is 2.54. The second kappa shape index (κ2) is 5.54. The molecule has 4 unspecified atom stereocenters. The van der Waals surface area contributed by atoms with E-state index in [9.17, 15) is 0 Å². The highest BCUT2D eigenvalue weighted by Gasteiger charge is 2.40. The van der Waals surface area contributed by atoms with Gasteiger partial charge in [0, 0.05) is 0 Å². The third-order valence-corrected chi connectivity index (χ3v) is 6.56. The lowest BCUT2D eigenvalue weighted by molar-refractivity contribution is 0.0810. The summed E-state index contributed by atoms with van der Waals surface area (Å²) in [5.41, 5.74) is 3.40. The first kappa shape index (κ1) is 12.9. The molecule has 0 aromatic heterocycles. The van der Waals surface area contributed by atoms with Crippen LogP contribution in [0.4, 0.5) is 0 Å². The van der Waals surface area contributed by atoms with Crippen molar-refractivity contribution in [2.75, 3.05) is 0 Å². The second-order valence-corrected chi connectivity index (χ2v) is 7.50. The molecule has 0 bridgehead atoms. The van der Waals surface area contributed by atoms with Crippen LogP contribution in [0.2, 0.25) is 0 Å². The van der Waals surface area contributed by atoms with Crippen LogP contribution in [0.3, 0.4) is 0 Å². The van der Waals surface area contributed by atoms with Gasteiger partial charge in [0.25, 0.3) is 0 Å². The fourth-order valence-electron chi connectivity index (χ4n) is 5.72. The summed E-state index contributed by atoms with van der Waals surface area (Å²) in [5, 5.41) is 0. The van der Waals surface area contributed by atoms with Crippen molar-refractivity contribution in [3.05, 3.63) is 35.4 Å². The Balaban J connectivity index is 1.63. The summed E-state index contributed by atoms with van der Waals surface area (Å²) >= 11 is 0. The maximum atomic E-state index is 2.45. The number of aryl methyl sites for hydroxylation is 1. The zero-order valence-corrected chi connectivity index (χ0v) is 12.7. The topological polar surface area (TPSA) is 0 Å². The fourth-order valence-corrected chi connectivity index (χ4v) is 5.72. The van der Waals surface area contributed by atoms with Crippen molar-refractivity contribution >= 4 is 0 Å². The second-order valence-electron chi connectivity index (χ2n) is 7.50. The summed E-state index contributed by atoms with van der Waals surface area (Å²) in [4.78, 5) is 0. The summed E-state index contributed by atoms with van der Waals surface area (Å²) in [5.74, 6) is 4.05. The van der Waals surface area contributed by atoms with E-state index in [1.165, 1.54) is 64.2 Å². The Labute approximate surface area is 124 Å². The molecule has 1 aromatic rings. The Hall–Kier alpha value is -0.780. The molecule has 2 fully saturated rings. The van der Waals surface area contributed by atoms with Crippen molar-refractivity contribution in [2.24, 2.45) is 17.8 Å². The lowest BCUT2D eigenvalue weighted by atomic mass is 9.59. The lowest BCUT2D eigenvalue weighted by Crippen LogP contribution is -2.35. The molecule has 1 aromatic carbocycles. The van der Waals surface area contributed by atoms with E-state index in [2.05, 4.69) is 24.3 Å². The van der Waals surface area contributed by atoms with Crippen molar-refractivity contribution < 1.29 is 0 Å². The minimum Gasteiger partial charge on any atom is -0.0620 e. The van der Waals surface area contributed by atoms with E-state index in [0.29, 0.717) is 0 Å². The Bertz CT molecular complexity index is 459. The molecule has 0 nitrogen and oxygen atoms in total. The van der Waals surface area contributed by atoms with Crippen molar-refractivity contribution in [2.45, 2.75) is 70.1 Å². The monoisotopic (exact) mass is 268 g/mol. The predicted octanol–water partition coefficient (Wildman–Crippen LogP) is 5.71. The van der Waals surface area contributed by atoms with Gasteiger partial charge in [-0.3, -0.25) is 0 Å². The Kier molecular flexibility index (Phi) is 3.58. The summed E-state index contributed by atoms with van der Waals surface area (Å²) < 4.78 is 0. The molecule has 108 valence electrons. The maximum Gasteiger partial charge on any atom is -0.0128 e. The van der Waals surface area contributed by atoms with Gasteiger partial charge in [0.15, 0.2) is 0 Å². The molecule has 4 atom stereocenters. The van der Waals surface area contributed by atoms with Crippen LogP contribution >= 0.6 is 0 Å². The van der Waals surface area contributed by atoms with Gasteiger partial charge < -0.3 is 0 Å². The van der Waals surface area contributed by atoms with Gasteiger partial charge in [0.2, 0.25) is 0 Å². The Morgan fingerprint density at radius 1 is 0.700 bits per heavy atom. The van der Waals surface area contributed by atoms with Crippen molar-refractivity contribution in [3.8, 4) is 0 Å². The maximum absolute atomic E-state index is 2.45. The SMILES string of the molecule is c1ccc2c(c1)CCCC2C1CCCC2CCCCC21. The minimum atomic E-state index is 0.894. The molecular weight excluding hydrogens is 240 g/mol. The molecule has 20 heavy (non-hydrogen) atoms. The van der Waals surface area contributed by atoms with E-state index in [1.807, 2.05) is 0 Å². The van der Waals surface area contributed by atoms with Crippen molar-refractivity contribution in [1.82, 2.24) is 0 Å². The first-order valence-corrected chi connectivity index (χ1v) is 9.01. The molecular formula is C20H28. The number of rotatable bonds is 1. The molecule has 0 N–H and O–H groups in total. The normalized spacial score (nSPS) is 37.0. The van der Waals surface area contributed by atoms with Crippen LogP contribution in [0.5, 0.6) is 0 Å². The molecule has 0 radical (unpaired) electrons. The zero-order valence-electron chi connectivity index (χ0n) is 12.7. The summed E-state index contributed by atoms with van der Waals surface area (Å²) in [6.07, 6.45) is 14.9. The van der Waals surface area contributed by atoms with Gasteiger partial charge in [-0.2, -0.15) is 0 Å². The summed E-state index contributed by atoms with van der Waals surface area (Å²) in [6, 6.07) is 9.36. The molecule has 0 amide bonds. The van der Waals surface area contributed by atoms with Crippen LogP contribution in [0.15, 0.2) is 24.3 Å². The van der Waals surface area contributed by atoms with Gasteiger partial charge in [-0.1, -0.05) is 56.4 Å². The molecule has 2 saturated carbocycles. The van der Waals surface area contributed by atoms with E-state index in [0.717, 1.165) is 23.7 Å². The molecule has 3 aliphatic carbocycles. The predicted molar refractivity (Wildman–Crippen MR) is 84.9 cm³/mol. The third-order valence-electron chi connectivity index (χ3n) is 6.56. The summed E-state index contributed by atoms with van der Waals surface area (Å²) in [6.45, 7) is 0.